The SMILES string of the molecule is c1ccc(CN2CN=C3N[C@H](c4cccs4)n4c(nc5ccccc54)N3C2)nc1. The van der Waals surface area contributed by atoms with Crippen LogP contribution in [-0.4, -0.2) is 38.7 Å². The molecule has 0 radical (unpaired) electrons. The van der Waals surface area contributed by atoms with Gasteiger partial charge in [0.1, 0.15) is 6.17 Å². The minimum atomic E-state index is -0.00487. The molecule has 5 heterocycles. The summed E-state index contributed by atoms with van der Waals surface area (Å²) >= 11 is 1.74. The number of aromatic nitrogens is 3. The van der Waals surface area contributed by atoms with E-state index in [-0.39, 0.29) is 6.17 Å². The molecule has 2 aliphatic heterocycles. The van der Waals surface area contributed by atoms with E-state index in [9.17, 15) is 0 Å². The quantitative estimate of drug-likeness (QED) is 0.571. The van der Waals surface area contributed by atoms with Crippen LogP contribution in [0.25, 0.3) is 11.0 Å². The van der Waals surface area contributed by atoms with E-state index >= 15 is 0 Å². The van der Waals surface area contributed by atoms with Crippen molar-refractivity contribution in [1.29, 1.82) is 0 Å². The normalized spacial score (nSPS) is 18.8. The van der Waals surface area contributed by atoms with Crippen molar-refractivity contribution < 1.29 is 0 Å². The highest BCUT2D eigenvalue weighted by Crippen LogP contribution is 2.35. The number of fused-ring (bicyclic) bond motifs is 5. The fourth-order valence-corrected chi connectivity index (χ4v) is 4.74. The lowest BCUT2D eigenvalue weighted by atomic mass is 10.3. The van der Waals surface area contributed by atoms with Gasteiger partial charge in [-0.15, -0.1) is 11.3 Å². The van der Waals surface area contributed by atoms with Crippen LogP contribution in [0.5, 0.6) is 0 Å². The van der Waals surface area contributed by atoms with Crippen molar-refractivity contribution in [2.45, 2.75) is 12.7 Å². The van der Waals surface area contributed by atoms with E-state index < -0.39 is 0 Å². The maximum atomic E-state index is 4.97. The van der Waals surface area contributed by atoms with Gasteiger partial charge in [0.25, 0.3) is 0 Å². The summed E-state index contributed by atoms with van der Waals surface area (Å²) in [5, 5.41) is 5.75. The lowest BCUT2D eigenvalue weighted by molar-refractivity contribution is 0.261. The Labute approximate surface area is 172 Å². The van der Waals surface area contributed by atoms with Crippen molar-refractivity contribution in [3.8, 4) is 0 Å². The van der Waals surface area contributed by atoms with Gasteiger partial charge < -0.3 is 5.32 Å². The number of nitrogens with one attached hydrogen (secondary N) is 1. The Hall–Kier alpha value is -3.23. The van der Waals surface area contributed by atoms with E-state index in [1.165, 1.54) is 4.88 Å². The molecule has 3 aromatic heterocycles. The number of thiophene rings is 1. The van der Waals surface area contributed by atoms with Crippen LogP contribution in [0.4, 0.5) is 5.95 Å². The van der Waals surface area contributed by atoms with Crippen molar-refractivity contribution in [2.24, 2.45) is 4.99 Å². The molecule has 7 nitrogen and oxygen atoms in total. The number of benzene rings is 1. The van der Waals surface area contributed by atoms with Crippen molar-refractivity contribution in [1.82, 2.24) is 24.8 Å². The highest BCUT2D eigenvalue weighted by Gasteiger charge is 2.36. The van der Waals surface area contributed by atoms with Crippen LogP contribution in [0.1, 0.15) is 16.7 Å². The predicted octanol–water partition coefficient (Wildman–Crippen LogP) is 3.24. The van der Waals surface area contributed by atoms with E-state index in [4.69, 9.17) is 9.98 Å². The maximum absolute atomic E-state index is 4.97. The number of imidazole rings is 1. The third-order valence-corrected chi connectivity index (χ3v) is 6.21. The minimum absolute atomic E-state index is 0.00487. The summed E-state index contributed by atoms with van der Waals surface area (Å²) in [6.07, 6.45) is 1.83. The molecule has 1 atom stereocenters. The zero-order chi connectivity index (χ0) is 19.2. The number of anilines is 1. The fourth-order valence-electron chi connectivity index (χ4n) is 3.98. The standard InChI is InChI=1S/C21H19N7S/c1-2-8-17-16(7-1)24-21-27-14-26(12-15-6-3-4-10-22-15)13-23-20(27)25-19(28(17)21)18-9-5-11-29-18/h1-11,19H,12-14H2,(H,23,25)/t19-/m0/s1. The summed E-state index contributed by atoms with van der Waals surface area (Å²) in [4.78, 5) is 19.9. The summed E-state index contributed by atoms with van der Waals surface area (Å²) in [6.45, 7) is 2.10. The number of hydrogen-bond donors (Lipinski definition) is 1. The Morgan fingerprint density at radius 3 is 2.86 bits per heavy atom. The van der Waals surface area contributed by atoms with Crippen molar-refractivity contribution >= 4 is 34.3 Å². The monoisotopic (exact) mass is 401 g/mol. The van der Waals surface area contributed by atoms with Gasteiger partial charge >= 0.3 is 0 Å². The molecule has 1 N–H and O–H groups in total. The molecule has 2 aliphatic rings. The molecular weight excluding hydrogens is 382 g/mol. The molecule has 144 valence electrons. The molecule has 4 aromatic rings. The molecule has 0 aliphatic carbocycles. The second kappa shape index (κ2) is 6.68. The Morgan fingerprint density at radius 1 is 1.07 bits per heavy atom. The summed E-state index contributed by atoms with van der Waals surface area (Å²) < 4.78 is 2.28. The molecule has 0 saturated carbocycles. The Bertz CT molecular complexity index is 1180. The van der Waals surface area contributed by atoms with E-state index in [0.717, 1.165) is 35.2 Å². The summed E-state index contributed by atoms with van der Waals surface area (Å²) in [5.41, 5.74) is 3.16. The van der Waals surface area contributed by atoms with Gasteiger partial charge in [-0.1, -0.05) is 24.3 Å². The highest BCUT2D eigenvalue weighted by atomic mass is 32.1. The Kier molecular flexibility index (Phi) is 3.85. The number of para-hydroxylation sites is 2. The zero-order valence-electron chi connectivity index (χ0n) is 15.6. The van der Waals surface area contributed by atoms with Crippen molar-refractivity contribution in [3.05, 3.63) is 76.7 Å². The van der Waals surface area contributed by atoms with Crippen molar-refractivity contribution in [3.63, 3.8) is 0 Å². The number of guanidine groups is 1. The van der Waals surface area contributed by atoms with E-state index in [1.807, 2.05) is 24.4 Å². The van der Waals surface area contributed by atoms with Crippen LogP contribution < -0.4 is 10.2 Å². The molecule has 29 heavy (non-hydrogen) atoms. The molecule has 0 spiro atoms. The fraction of sp³-hybridized carbons (Fsp3) is 0.190. The van der Waals surface area contributed by atoms with Crippen LogP contribution >= 0.6 is 11.3 Å². The lowest BCUT2D eigenvalue weighted by Gasteiger charge is -2.41. The Balaban J connectivity index is 1.42. The molecular formula is C21H19N7S. The van der Waals surface area contributed by atoms with Crippen molar-refractivity contribution in [2.75, 3.05) is 18.2 Å². The number of nitrogens with zero attached hydrogens (tertiary/aromatic N) is 6. The van der Waals surface area contributed by atoms with Crippen LogP contribution in [0.3, 0.4) is 0 Å². The number of hydrogen-bond acceptors (Lipinski definition) is 7. The van der Waals surface area contributed by atoms with Gasteiger partial charge in [0.2, 0.25) is 11.9 Å². The summed E-state index contributed by atoms with van der Waals surface area (Å²) in [5.74, 6) is 1.80. The summed E-state index contributed by atoms with van der Waals surface area (Å²) in [7, 11) is 0. The van der Waals surface area contributed by atoms with Gasteiger partial charge in [-0.25, -0.2) is 9.98 Å². The van der Waals surface area contributed by atoms with E-state index in [0.29, 0.717) is 13.3 Å². The van der Waals surface area contributed by atoms with Gasteiger partial charge in [0.15, 0.2) is 0 Å². The predicted molar refractivity (Wildman–Crippen MR) is 115 cm³/mol. The first-order chi connectivity index (χ1) is 14.4. The first kappa shape index (κ1) is 16.7. The molecule has 0 amide bonds. The van der Waals surface area contributed by atoms with Crippen LogP contribution in [0.15, 0.2) is 71.2 Å². The molecule has 0 unspecified atom stereocenters. The molecule has 1 aromatic carbocycles. The average molecular weight is 401 g/mol. The molecule has 6 rings (SSSR count). The van der Waals surface area contributed by atoms with Gasteiger partial charge in [-0.3, -0.25) is 19.4 Å². The topological polar surface area (TPSA) is 61.6 Å². The second-order valence-electron chi connectivity index (χ2n) is 7.18. The number of pyridine rings is 1. The third-order valence-electron chi connectivity index (χ3n) is 5.28. The first-order valence-electron chi connectivity index (χ1n) is 9.58. The zero-order valence-corrected chi connectivity index (χ0v) is 16.5. The molecule has 0 fully saturated rings. The molecule has 8 heteroatoms. The molecule has 0 bridgehead atoms. The lowest BCUT2D eigenvalue weighted by Crippen LogP contribution is -2.57. The molecule has 0 saturated heterocycles. The number of aliphatic imine (C=N–C) groups is 1. The van der Waals surface area contributed by atoms with Crippen LogP contribution in [-0.2, 0) is 6.54 Å². The smallest absolute Gasteiger partial charge is 0.216 e. The number of rotatable bonds is 3. The van der Waals surface area contributed by atoms with Gasteiger partial charge in [-0.05, 0) is 35.7 Å². The van der Waals surface area contributed by atoms with Crippen LogP contribution in [0.2, 0.25) is 0 Å². The van der Waals surface area contributed by atoms with Gasteiger partial charge in [-0.2, -0.15) is 0 Å². The largest absolute Gasteiger partial charge is 0.331 e. The van der Waals surface area contributed by atoms with E-state index in [1.54, 1.807) is 11.3 Å². The average Bonchev–Trinajstić information content (AvgIpc) is 3.43. The first-order valence-corrected chi connectivity index (χ1v) is 10.5. The second-order valence-corrected chi connectivity index (χ2v) is 8.15. The van der Waals surface area contributed by atoms with Gasteiger partial charge in [0.05, 0.1) is 30.1 Å². The Morgan fingerprint density at radius 2 is 2.00 bits per heavy atom. The van der Waals surface area contributed by atoms with E-state index in [2.05, 4.69) is 66.4 Å². The maximum Gasteiger partial charge on any atom is 0.216 e. The third kappa shape index (κ3) is 2.80. The summed E-state index contributed by atoms with van der Waals surface area (Å²) in [6, 6.07) is 18.6. The van der Waals surface area contributed by atoms with Crippen LogP contribution in [0, 0.1) is 0 Å². The minimum Gasteiger partial charge on any atom is -0.331 e. The highest BCUT2D eigenvalue weighted by molar-refractivity contribution is 7.10. The van der Waals surface area contributed by atoms with Gasteiger partial charge in [0, 0.05) is 17.6 Å².